The van der Waals surface area contributed by atoms with Gasteiger partial charge in [0.25, 0.3) is 0 Å². The lowest BCUT2D eigenvalue weighted by molar-refractivity contribution is -0.136. The summed E-state index contributed by atoms with van der Waals surface area (Å²) in [7, 11) is 0. The van der Waals surface area contributed by atoms with Gasteiger partial charge in [-0.25, -0.2) is 0 Å². The van der Waals surface area contributed by atoms with Gasteiger partial charge in [-0.3, -0.25) is 4.79 Å². The fraction of sp³-hybridized carbons (Fsp3) is 0.200. The first-order valence-electron chi connectivity index (χ1n) is 4.58. The maximum absolute atomic E-state index is 10.4. The van der Waals surface area contributed by atoms with Gasteiger partial charge in [-0.1, -0.05) is 16.8 Å². The first-order chi connectivity index (χ1) is 7.65. The molecular weight excluding hydrogens is 250 g/mol. The summed E-state index contributed by atoms with van der Waals surface area (Å²) in [5.74, 6) is -0.221. The maximum atomic E-state index is 10.4. The Labute approximate surface area is 100 Å². The van der Waals surface area contributed by atoms with Gasteiger partial charge in [-0.2, -0.15) is 0 Å². The number of aromatic nitrogens is 1. The van der Waals surface area contributed by atoms with Crippen LogP contribution in [-0.2, 0) is 11.2 Å². The zero-order chi connectivity index (χ0) is 11.5. The predicted molar refractivity (Wildman–Crippen MR) is 60.8 cm³/mol. The van der Waals surface area contributed by atoms with Crippen LogP contribution in [0.3, 0.4) is 0 Å². The molecule has 4 nitrogen and oxygen atoms in total. The summed E-state index contributed by atoms with van der Waals surface area (Å²) in [6.07, 6.45) is 0.426. The molecule has 0 aliphatic heterocycles. The molecule has 0 aliphatic carbocycles. The van der Waals surface area contributed by atoms with Crippen LogP contribution in [0.1, 0.15) is 12.1 Å². The predicted octanol–water partition coefficient (Wildman–Crippen LogP) is 3.07. The number of nitrogens with zero attached hydrogens (tertiary/aromatic N) is 1. The molecule has 0 radical (unpaired) electrons. The number of carboxylic acids is 1. The van der Waals surface area contributed by atoms with Crippen molar-refractivity contribution < 1.29 is 14.4 Å². The van der Waals surface area contributed by atoms with E-state index in [1.807, 2.05) is 6.07 Å². The lowest BCUT2D eigenvalue weighted by Crippen LogP contribution is -1.97. The van der Waals surface area contributed by atoms with Crippen molar-refractivity contribution in [3.63, 3.8) is 0 Å². The van der Waals surface area contributed by atoms with Crippen LogP contribution in [0.2, 0.25) is 4.34 Å². The molecule has 6 heteroatoms. The second kappa shape index (κ2) is 4.67. The number of thiophene rings is 1. The molecule has 84 valence electrons. The Morgan fingerprint density at radius 3 is 3.00 bits per heavy atom. The number of hydrogen-bond donors (Lipinski definition) is 1. The molecule has 0 fully saturated rings. The molecule has 1 N–H and O–H groups in total. The highest BCUT2D eigenvalue weighted by Gasteiger charge is 2.09. The summed E-state index contributed by atoms with van der Waals surface area (Å²) in [5, 5.41) is 12.3. The Kier molecular flexibility index (Phi) is 3.26. The van der Waals surface area contributed by atoms with E-state index in [-0.39, 0.29) is 6.42 Å². The lowest BCUT2D eigenvalue weighted by Gasteiger charge is -1.87. The van der Waals surface area contributed by atoms with Crippen LogP contribution in [-0.4, -0.2) is 16.2 Å². The topological polar surface area (TPSA) is 63.3 Å². The van der Waals surface area contributed by atoms with E-state index >= 15 is 0 Å². The number of halogens is 1. The monoisotopic (exact) mass is 257 g/mol. The number of hydrogen-bond acceptors (Lipinski definition) is 4. The van der Waals surface area contributed by atoms with Crippen LogP contribution in [0, 0.1) is 0 Å². The van der Waals surface area contributed by atoms with E-state index in [9.17, 15) is 4.79 Å². The summed E-state index contributed by atoms with van der Waals surface area (Å²) >= 11 is 7.19. The second-order valence-electron chi connectivity index (χ2n) is 3.18. The molecule has 0 saturated carbocycles. The van der Waals surface area contributed by atoms with Crippen LogP contribution in [0.15, 0.2) is 22.7 Å². The molecule has 0 spiro atoms. The Morgan fingerprint density at radius 2 is 2.38 bits per heavy atom. The molecule has 0 aliphatic rings. The first-order valence-corrected chi connectivity index (χ1v) is 5.77. The molecule has 0 atom stereocenters. The van der Waals surface area contributed by atoms with Crippen LogP contribution >= 0.6 is 22.9 Å². The number of rotatable bonds is 4. The molecular formula is C10H8ClNO3S. The van der Waals surface area contributed by atoms with Gasteiger partial charge in [0.1, 0.15) is 0 Å². The molecule has 0 aromatic carbocycles. The zero-order valence-electron chi connectivity index (χ0n) is 8.14. The maximum Gasteiger partial charge on any atom is 0.303 e. The highest BCUT2D eigenvalue weighted by Crippen LogP contribution is 2.31. The highest BCUT2D eigenvalue weighted by atomic mass is 35.5. The average Bonchev–Trinajstić information content (AvgIpc) is 2.83. The van der Waals surface area contributed by atoms with Crippen LogP contribution in [0.5, 0.6) is 0 Å². The molecule has 0 amide bonds. The van der Waals surface area contributed by atoms with E-state index in [0.717, 1.165) is 4.88 Å². The first kappa shape index (κ1) is 11.2. The summed E-state index contributed by atoms with van der Waals surface area (Å²) in [4.78, 5) is 11.3. The van der Waals surface area contributed by atoms with Gasteiger partial charge in [0.05, 0.1) is 21.3 Å². The zero-order valence-corrected chi connectivity index (χ0v) is 9.72. The molecule has 2 rings (SSSR count). The third-order valence-electron chi connectivity index (χ3n) is 1.97. The van der Waals surface area contributed by atoms with E-state index in [0.29, 0.717) is 22.2 Å². The van der Waals surface area contributed by atoms with Crippen molar-refractivity contribution in [3.8, 4) is 10.6 Å². The summed E-state index contributed by atoms with van der Waals surface area (Å²) in [6, 6.07) is 5.36. The van der Waals surface area contributed by atoms with Crippen LogP contribution in [0.25, 0.3) is 10.6 Å². The third kappa shape index (κ3) is 2.62. The minimum absolute atomic E-state index is 0.0527. The van der Waals surface area contributed by atoms with E-state index in [2.05, 4.69) is 5.16 Å². The molecule has 2 aromatic rings. The van der Waals surface area contributed by atoms with Crippen molar-refractivity contribution in [2.24, 2.45) is 0 Å². The Bertz CT molecular complexity index is 506. The normalized spacial score (nSPS) is 10.6. The van der Waals surface area contributed by atoms with Crippen molar-refractivity contribution in [1.82, 2.24) is 5.16 Å². The second-order valence-corrected chi connectivity index (χ2v) is 4.90. The molecule has 0 unspecified atom stereocenters. The van der Waals surface area contributed by atoms with Gasteiger partial charge in [-0.05, 0) is 12.1 Å². The average molecular weight is 258 g/mol. The lowest BCUT2D eigenvalue weighted by atomic mass is 10.2. The van der Waals surface area contributed by atoms with E-state index < -0.39 is 5.97 Å². The number of carbonyl (C=O) groups is 1. The summed E-state index contributed by atoms with van der Waals surface area (Å²) in [5.41, 5.74) is 0.641. The number of carboxylic acid groups (broad SMARTS) is 1. The highest BCUT2D eigenvalue weighted by molar-refractivity contribution is 7.19. The van der Waals surface area contributed by atoms with Crippen LogP contribution < -0.4 is 0 Å². The third-order valence-corrected chi connectivity index (χ3v) is 3.22. The Morgan fingerprint density at radius 1 is 1.56 bits per heavy atom. The van der Waals surface area contributed by atoms with Gasteiger partial charge in [0, 0.05) is 12.5 Å². The molecule has 0 saturated heterocycles. The minimum atomic E-state index is -0.844. The molecule has 2 aromatic heterocycles. The fourth-order valence-electron chi connectivity index (χ4n) is 1.23. The van der Waals surface area contributed by atoms with E-state index in [1.54, 1.807) is 12.1 Å². The summed E-state index contributed by atoms with van der Waals surface area (Å²) in [6.45, 7) is 0. The quantitative estimate of drug-likeness (QED) is 0.914. The molecule has 2 heterocycles. The fourth-order valence-corrected chi connectivity index (χ4v) is 2.22. The van der Waals surface area contributed by atoms with E-state index in [4.69, 9.17) is 21.2 Å². The van der Waals surface area contributed by atoms with Crippen molar-refractivity contribution >= 4 is 28.9 Å². The van der Waals surface area contributed by atoms with Crippen molar-refractivity contribution in [2.45, 2.75) is 12.8 Å². The van der Waals surface area contributed by atoms with Crippen molar-refractivity contribution in [2.75, 3.05) is 0 Å². The Balaban J connectivity index is 2.10. The van der Waals surface area contributed by atoms with E-state index in [1.165, 1.54) is 11.3 Å². The Hall–Kier alpha value is -1.33. The minimum Gasteiger partial charge on any atom is -0.481 e. The molecule has 16 heavy (non-hydrogen) atoms. The van der Waals surface area contributed by atoms with Crippen LogP contribution in [0.4, 0.5) is 0 Å². The van der Waals surface area contributed by atoms with Gasteiger partial charge in [-0.15, -0.1) is 11.3 Å². The van der Waals surface area contributed by atoms with Gasteiger partial charge in [0.2, 0.25) is 0 Å². The van der Waals surface area contributed by atoms with Crippen molar-refractivity contribution in [1.29, 1.82) is 0 Å². The standard InChI is InChI=1S/C10H8ClNO3S/c11-9-3-2-8(16-9)7-5-6(12-15-7)1-4-10(13)14/h2-3,5H,1,4H2,(H,13,14). The number of aliphatic carboxylic acids is 1. The largest absolute Gasteiger partial charge is 0.481 e. The van der Waals surface area contributed by atoms with Gasteiger partial charge >= 0.3 is 5.97 Å². The SMILES string of the molecule is O=C(O)CCc1cc(-c2ccc(Cl)s2)on1. The van der Waals surface area contributed by atoms with Crippen molar-refractivity contribution in [3.05, 3.63) is 28.2 Å². The number of aryl methyl sites for hydroxylation is 1. The smallest absolute Gasteiger partial charge is 0.303 e. The molecule has 0 bridgehead atoms. The van der Waals surface area contributed by atoms with Gasteiger partial charge < -0.3 is 9.63 Å². The summed E-state index contributed by atoms with van der Waals surface area (Å²) < 4.78 is 5.78. The van der Waals surface area contributed by atoms with Gasteiger partial charge in [0.15, 0.2) is 5.76 Å².